The molecule has 1 aliphatic heterocycles. The lowest BCUT2D eigenvalue weighted by molar-refractivity contribution is -0.134. The number of nitriles is 1. The van der Waals surface area contributed by atoms with Gasteiger partial charge in [-0.15, -0.1) is 0 Å². The minimum Gasteiger partial charge on any atom is -0.481 e. The summed E-state index contributed by atoms with van der Waals surface area (Å²) in [4.78, 5) is 13.5. The van der Waals surface area contributed by atoms with E-state index in [2.05, 4.69) is 6.07 Å². The molecule has 100 valence electrons. The molecular weight excluding hydrogens is 247 g/mol. The molecule has 5 heteroatoms. The second kappa shape index (κ2) is 6.19. The summed E-state index contributed by atoms with van der Waals surface area (Å²) in [5, 5.41) is 8.78. The normalized spacial score (nSPS) is 15.9. The second-order valence-electron chi connectivity index (χ2n) is 4.50. The van der Waals surface area contributed by atoms with Gasteiger partial charge in [-0.1, -0.05) is 12.1 Å². The van der Waals surface area contributed by atoms with E-state index in [9.17, 15) is 9.18 Å². The van der Waals surface area contributed by atoms with Crippen LogP contribution < -0.4 is 4.74 Å². The third kappa shape index (κ3) is 3.44. The number of rotatable bonds is 3. The van der Waals surface area contributed by atoms with Crippen LogP contribution in [-0.4, -0.2) is 30.5 Å². The maximum Gasteiger partial charge on any atom is 0.260 e. The molecule has 1 aromatic carbocycles. The summed E-state index contributed by atoms with van der Waals surface area (Å²) < 4.78 is 18.5. The zero-order valence-corrected chi connectivity index (χ0v) is 10.5. The largest absolute Gasteiger partial charge is 0.481 e. The molecule has 1 amide bonds. The van der Waals surface area contributed by atoms with Gasteiger partial charge in [0.1, 0.15) is 0 Å². The first-order valence-corrected chi connectivity index (χ1v) is 6.25. The Morgan fingerprint density at radius 2 is 2.11 bits per heavy atom. The van der Waals surface area contributed by atoms with Crippen LogP contribution >= 0.6 is 0 Å². The van der Waals surface area contributed by atoms with Crippen molar-refractivity contribution in [1.82, 2.24) is 4.90 Å². The number of amides is 1. The maximum atomic E-state index is 13.3. The lowest BCUT2D eigenvalue weighted by atomic mass is 9.99. The summed E-state index contributed by atoms with van der Waals surface area (Å²) in [6.45, 7) is 0.966. The van der Waals surface area contributed by atoms with E-state index in [4.69, 9.17) is 10.00 Å². The fourth-order valence-corrected chi connectivity index (χ4v) is 2.05. The minimum atomic E-state index is -0.474. The van der Waals surface area contributed by atoms with Crippen molar-refractivity contribution in [2.24, 2.45) is 5.92 Å². The molecule has 1 aromatic rings. The summed E-state index contributed by atoms with van der Waals surface area (Å²) >= 11 is 0. The molecule has 4 nitrogen and oxygen atoms in total. The quantitative estimate of drug-likeness (QED) is 0.836. The van der Waals surface area contributed by atoms with Gasteiger partial charge < -0.3 is 9.64 Å². The maximum absolute atomic E-state index is 13.3. The van der Waals surface area contributed by atoms with Crippen molar-refractivity contribution >= 4 is 5.91 Å². The average Bonchev–Trinajstić information content (AvgIpc) is 2.46. The zero-order chi connectivity index (χ0) is 13.7. The topological polar surface area (TPSA) is 53.3 Å². The predicted octanol–water partition coefficient (Wildman–Crippen LogP) is 1.97. The number of benzene rings is 1. The van der Waals surface area contributed by atoms with Crippen molar-refractivity contribution < 1.29 is 13.9 Å². The summed E-state index contributed by atoms with van der Waals surface area (Å²) in [6, 6.07) is 8.21. The predicted molar refractivity (Wildman–Crippen MR) is 66.8 cm³/mol. The molecule has 2 rings (SSSR count). The van der Waals surface area contributed by atoms with Crippen LogP contribution in [-0.2, 0) is 4.79 Å². The first-order chi connectivity index (χ1) is 9.20. The number of nitrogens with zero attached hydrogens (tertiary/aromatic N) is 2. The Bertz CT molecular complexity index is 490. The van der Waals surface area contributed by atoms with Gasteiger partial charge in [-0.25, -0.2) is 4.39 Å². The number of hydrogen-bond donors (Lipinski definition) is 0. The minimum absolute atomic E-state index is 0.0385. The van der Waals surface area contributed by atoms with Crippen molar-refractivity contribution in [1.29, 1.82) is 5.26 Å². The molecule has 1 heterocycles. The van der Waals surface area contributed by atoms with Gasteiger partial charge in [0.15, 0.2) is 18.2 Å². The molecule has 0 aromatic heterocycles. The number of para-hydroxylation sites is 1. The number of ether oxygens (including phenoxy) is 1. The van der Waals surface area contributed by atoms with E-state index in [-0.39, 0.29) is 24.2 Å². The molecule has 0 radical (unpaired) electrons. The zero-order valence-electron chi connectivity index (χ0n) is 10.5. The summed E-state index contributed by atoms with van der Waals surface area (Å²) in [5.74, 6) is -0.516. The first kappa shape index (κ1) is 13.3. The van der Waals surface area contributed by atoms with E-state index in [1.165, 1.54) is 12.1 Å². The highest BCUT2D eigenvalue weighted by molar-refractivity contribution is 5.77. The summed E-state index contributed by atoms with van der Waals surface area (Å²) in [7, 11) is 0. The third-order valence-corrected chi connectivity index (χ3v) is 3.22. The van der Waals surface area contributed by atoms with Crippen molar-refractivity contribution in [2.75, 3.05) is 19.7 Å². The van der Waals surface area contributed by atoms with Gasteiger partial charge in [0.05, 0.1) is 6.07 Å². The van der Waals surface area contributed by atoms with Gasteiger partial charge in [-0.2, -0.15) is 5.26 Å². The summed E-state index contributed by atoms with van der Waals surface area (Å²) in [6.07, 6.45) is 1.39. The van der Waals surface area contributed by atoms with Crippen LogP contribution in [0.1, 0.15) is 12.8 Å². The molecule has 1 saturated heterocycles. The van der Waals surface area contributed by atoms with Crippen LogP contribution in [0.5, 0.6) is 5.75 Å². The highest BCUT2D eigenvalue weighted by atomic mass is 19.1. The van der Waals surface area contributed by atoms with Crippen LogP contribution in [0, 0.1) is 23.1 Å². The standard InChI is InChI=1S/C14H15FN2O2/c15-12-3-1-2-4-13(12)19-10-14(18)17-7-5-11(9-16)6-8-17/h1-4,11H,5-8,10H2. The molecule has 0 bridgehead atoms. The van der Waals surface area contributed by atoms with Crippen molar-refractivity contribution in [3.63, 3.8) is 0 Å². The molecule has 1 fully saturated rings. The van der Waals surface area contributed by atoms with E-state index < -0.39 is 5.82 Å². The number of carbonyl (C=O) groups excluding carboxylic acids is 1. The molecule has 0 unspecified atom stereocenters. The van der Waals surface area contributed by atoms with Gasteiger partial charge in [-0.05, 0) is 25.0 Å². The highest BCUT2D eigenvalue weighted by Crippen LogP contribution is 2.18. The number of piperidine rings is 1. The van der Waals surface area contributed by atoms with Crippen LogP contribution in [0.3, 0.4) is 0 Å². The van der Waals surface area contributed by atoms with Gasteiger partial charge in [0.25, 0.3) is 5.91 Å². The van der Waals surface area contributed by atoms with E-state index in [1.54, 1.807) is 17.0 Å². The fraction of sp³-hybridized carbons (Fsp3) is 0.429. The molecule has 19 heavy (non-hydrogen) atoms. The van der Waals surface area contributed by atoms with Crippen molar-refractivity contribution in [2.45, 2.75) is 12.8 Å². The van der Waals surface area contributed by atoms with Crippen LogP contribution in [0.15, 0.2) is 24.3 Å². The lowest BCUT2D eigenvalue weighted by Gasteiger charge is -2.29. The molecule has 0 aliphatic carbocycles. The molecule has 1 aliphatic rings. The average molecular weight is 262 g/mol. The van der Waals surface area contributed by atoms with E-state index in [1.807, 2.05) is 0 Å². The second-order valence-corrected chi connectivity index (χ2v) is 4.50. The molecule has 0 atom stereocenters. The Balaban J connectivity index is 1.83. The van der Waals surface area contributed by atoms with Gasteiger partial charge in [0, 0.05) is 19.0 Å². The Morgan fingerprint density at radius 1 is 1.42 bits per heavy atom. The molecular formula is C14H15FN2O2. The van der Waals surface area contributed by atoms with Crippen LogP contribution in [0.25, 0.3) is 0 Å². The van der Waals surface area contributed by atoms with Gasteiger partial charge in [0.2, 0.25) is 0 Å². The number of halogens is 1. The van der Waals surface area contributed by atoms with E-state index in [0.29, 0.717) is 25.9 Å². The molecule has 0 saturated carbocycles. The Labute approximate surface area is 111 Å². The van der Waals surface area contributed by atoms with Crippen LogP contribution in [0.2, 0.25) is 0 Å². The summed E-state index contributed by atoms with van der Waals surface area (Å²) in [5.41, 5.74) is 0. The Hall–Kier alpha value is -2.09. The molecule has 0 spiro atoms. The monoisotopic (exact) mass is 262 g/mol. The number of likely N-dealkylation sites (tertiary alicyclic amines) is 1. The Kier molecular flexibility index (Phi) is 4.35. The fourth-order valence-electron chi connectivity index (χ4n) is 2.05. The first-order valence-electron chi connectivity index (χ1n) is 6.25. The Morgan fingerprint density at radius 3 is 2.74 bits per heavy atom. The lowest BCUT2D eigenvalue weighted by Crippen LogP contribution is -2.40. The number of carbonyl (C=O) groups is 1. The van der Waals surface area contributed by atoms with Crippen LogP contribution in [0.4, 0.5) is 4.39 Å². The van der Waals surface area contributed by atoms with E-state index >= 15 is 0 Å². The van der Waals surface area contributed by atoms with Crippen molar-refractivity contribution in [3.8, 4) is 11.8 Å². The number of hydrogen-bond acceptors (Lipinski definition) is 3. The van der Waals surface area contributed by atoms with Gasteiger partial charge in [-0.3, -0.25) is 4.79 Å². The smallest absolute Gasteiger partial charge is 0.260 e. The SMILES string of the molecule is N#CC1CCN(C(=O)COc2ccccc2F)CC1. The third-order valence-electron chi connectivity index (χ3n) is 3.22. The van der Waals surface area contributed by atoms with E-state index in [0.717, 1.165) is 0 Å². The van der Waals surface area contributed by atoms with Crippen molar-refractivity contribution in [3.05, 3.63) is 30.1 Å². The highest BCUT2D eigenvalue weighted by Gasteiger charge is 2.22. The molecule has 0 N–H and O–H groups in total. The van der Waals surface area contributed by atoms with Gasteiger partial charge >= 0.3 is 0 Å².